The largest absolute Gasteiger partial charge is 0.444 e. The molecule has 1 aliphatic carbocycles. The van der Waals surface area contributed by atoms with E-state index >= 15 is 0 Å². The molecule has 47 heavy (non-hydrogen) atoms. The molecule has 2 N–H and O–H groups in total. The number of hydrogen-bond donors (Lipinski definition) is 2. The van der Waals surface area contributed by atoms with Crippen molar-refractivity contribution < 1.29 is 19.1 Å². The van der Waals surface area contributed by atoms with Crippen molar-refractivity contribution in [3.63, 3.8) is 0 Å². The first-order valence-corrected chi connectivity index (χ1v) is 16.6. The van der Waals surface area contributed by atoms with Gasteiger partial charge in [-0.25, -0.2) is 14.8 Å². The number of carbonyl (C=O) groups is 2. The molecule has 0 saturated carbocycles. The molecule has 0 bridgehead atoms. The van der Waals surface area contributed by atoms with Crippen LogP contribution >= 0.6 is 0 Å². The molecule has 2 atom stereocenters. The molecule has 0 radical (unpaired) electrons. The minimum atomic E-state index is -0.588. The number of anilines is 1. The molecule has 9 nitrogen and oxygen atoms in total. The van der Waals surface area contributed by atoms with E-state index in [1.54, 1.807) is 12.3 Å². The Bertz CT molecular complexity index is 1690. The average Bonchev–Trinajstić information content (AvgIpc) is 3.30. The first-order chi connectivity index (χ1) is 22.3. The number of hydrogen-bond acceptors (Lipinski definition) is 7. The molecule has 2 aromatic carbocycles. The molecular weight excluding hydrogens is 590 g/mol. The highest BCUT2D eigenvalue weighted by Crippen LogP contribution is 2.52. The normalized spacial score (nSPS) is 18.6. The molecule has 2 heterocycles. The molecule has 1 aromatic heterocycles. The van der Waals surface area contributed by atoms with Gasteiger partial charge >= 0.3 is 12.1 Å². The summed E-state index contributed by atoms with van der Waals surface area (Å²) < 4.78 is 11.0. The van der Waals surface area contributed by atoms with Gasteiger partial charge < -0.3 is 19.7 Å². The molecule has 9 heteroatoms. The van der Waals surface area contributed by atoms with Crippen LogP contribution in [0.25, 0.3) is 5.57 Å². The minimum absolute atomic E-state index is 0.172. The zero-order valence-electron chi connectivity index (χ0n) is 28.5. The van der Waals surface area contributed by atoms with Crippen molar-refractivity contribution in [1.82, 2.24) is 15.3 Å². The van der Waals surface area contributed by atoms with E-state index in [0.717, 1.165) is 60.9 Å². The van der Waals surface area contributed by atoms with Crippen LogP contribution in [0.5, 0.6) is 5.75 Å². The third-order valence-corrected chi connectivity index (χ3v) is 9.09. The molecule has 2 aliphatic rings. The third-order valence-electron chi connectivity index (χ3n) is 9.09. The molecule has 1 amide bonds. The number of nitrogens with zero attached hydrogens (tertiary/aromatic N) is 3. The lowest BCUT2D eigenvalue weighted by Crippen LogP contribution is -2.41. The highest BCUT2D eigenvalue weighted by Gasteiger charge is 2.46. The summed E-state index contributed by atoms with van der Waals surface area (Å²) in [5, 5.41) is 12.3. The second kappa shape index (κ2) is 13.7. The first-order valence-electron chi connectivity index (χ1n) is 16.6. The summed E-state index contributed by atoms with van der Waals surface area (Å²) in [7, 11) is 0. The van der Waals surface area contributed by atoms with Crippen LogP contribution in [0.3, 0.4) is 0 Å². The fourth-order valence-electron chi connectivity index (χ4n) is 7.11. The number of nitrogens with one attached hydrogen (secondary N) is 2. The molecule has 5 rings (SSSR count). The summed E-state index contributed by atoms with van der Waals surface area (Å²) in [5.74, 6) is 0.441. The molecule has 248 valence electrons. The SMILES string of the molecule is C=C(CCC1(CCC)Cc2ccccc2[C@H]1NC(=O)OC(C)(C)C)c1cnc(C(=N)N2CCCc3cc(OC(C)=O)ccc32)c(C)n1. The quantitative estimate of drug-likeness (QED) is 0.106. The zero-order chi connectivity index (χ0) is 33.9. The van der Waals surface area contributed by atoms with Gasteiger partial charge in [0, 0.05) is 19.2 Å². The number of alkyl carbamates (subject to hydrolysis) is 1. The number of fused-ring (bicyclic) bond motifs is 2. The topological polar surface area (TPSA) is 117 Å². The van der Waals surface area contributed by atoms with Gasteiger partial charge in [0.1, 0.15) is 17.0 Å². The number of amides is 1. The number of allylic oxidation sites excluding steroid dienone is 1. The van der Waals surface area contributed by atoms with E-state index in [2.05, 4.69) is 37.0 Å². The van der Waals surface area contributed by atoms with Crippen LogP contribution in [0.2, 0.25) is 0 Å². The minimum Gasteiger partial charge on any atom is -0.444 e. The highest BCUT2D eigenvalue weighted by atomic mass is 16.6. The van der Waals surface area contributed by atoms with Crippen LogP contribution < -0.4 is 15.0 Å². The van der Waals surface area contributed by atoms with E-state index in [-0.39, 0.29) is 23.3 Å². The molecule has 3 aromatic rings. The average molecular weight is 638 g/mol. The second-order valence-corrected chi connectivity index (χ2v) is 13.8. The van der Waals surface area contributed by atoms with Crippen molar-refractivity contribution in [3.05, 3.63) is 89.0 Å². The van der Waals surface area contributed by atoms with Crippen LogP contribution in [0, 0.1) is 17.7 Å². The monoisotopic (exact) mass is 637 g/mol. The van der Waals surface area contributed by atoms with Crippen molar-refractivity contribution >= 4 is 29.2 Å². The predicted molar refractivity (Wildman–Crippen MR) is 185 cm³/mol. The van der Waals surface area contributed by atoms with Crippen LogP contribution in [-0.2, 0) is 22.4 Å². The number of ether oxygens (including phenoxy) is 2. The van der Waals surface area contributed by atoms with Gasteiger partial charge in [0.2, 0.25) is 0 Å². The Hall–Kier alpha value is -4.53. The predicted octanol–water partition coefficient (Wildman–Crippen LogP) is 7.89. The zero-order valence-corrected chi connectivity index (χ0v) is 28.5. The van der Waals surface area contributed by atoms with Gasteiger partial charge in [0.25, 0.3) is 0 Å². The Morgan fingerprint density at radius 2 is 1.91 bits per heavy atom. The summed E-state index contributed by atoms with van der Waals surface area (Å²) >= 11 is 0. The third kappa shape index (κ3) is 7.56. The van der Waals surface area contributed by atoms with Crippen LogP contribution in [0.4, 0.5) is 10.5 Å². The maximum absolute atomic E-state index is 13.0. The van der Waals surface area contributed by atoms with Gasteiger partial charge in [-0.15, -0.1) is 0 Å². The Labute approximate surface area is 278 Å². The lowest BCUT2D eigenvalue weighted by molar-refractivity contribution is -0.131. The van der Waals surface area contributed by atoms with Crippen molar-refractivity contribution in [2.75, 3.05) is 11.4 Å². The van der Waals surface area contributed by atoms with E-state index in [4.69, 9.17) is 24.9 Å². The summed E-state index contributed by atoms with van der Waals surface area (Å²) in [6.45, 7) is 16.2. The maximum Gasteiger partial charge on any atom is 0.408 e. The highest BCUT2D eigenvalue weighted by molar-refractivity contribution is 6.08. The van der Waals surface area contributed by atoms with E-state index in [9.17, 15) is 9.59 Å². The van der Waals surface area contributed by atoms with E-state index in [1.807, 2.05) is 50.8 Å². The number of aromatic nitrogens is 2. The summed E-state index contributed by atoms with van der Waals surface area (Å²) in [5.41, 5.74) is 6.35. The van der Waals surface area contributed by atoms with Gasteiger partial charge in [-0.05, 0) is 112 Å². The number of aryl methyl sites for hydroxylation is 2. The Balaban J connectivity index is 1.33. The Morgan fingerprint density at radius 3 is 2.62 bits per heavy atom. The Kier molecular flexibility index (Phi) is 9.84. The molecular formula is C38H47N5O4. The van der Waals surface area contributed by atoms with Crippen molar-refractivity contribution in [1.29, 1.82) is 5.41 Å². The van der Waals surface area contributed by atoms with E-state index in [1.165, 1.54) is 12.5 Å². The number of esters is 1. The lowest BCUT2D eigenvalue weighted by Gasteiger charge is -2.37. The molecule has 1 unspecified atom stereocenters. The number of rotatable bonds is 9. The fourth-order valence-corrected chi connectivity index (χ4v) is 7.11. The van der Waals surface area contributed by atoms with Crippen LogP contribution in [0.15, 0.2) is 55.2 Å². The van der Waals surface area contributed by atoms with Gasteiger partial charge in [-0.3, -0.25) is 10.2 Å². The van der Waals surface area contributed by atoms with Crippen LogP contribution in [0.1, 0.15) is 107 Å². The van der Waals surface area contributed by atoms with Gasteiger partial charge in [-0.2, -0.15) is 0 Å². The molecule has 1 aliphatic heterocycles. The lowest BCUT2D eigenvalue weighted by atomic mass is 9.72. The summed E-state index contributed by atoms with van der Waals surface area (Å²) in [4.78, 5) is 36.0. The summed E-state index contributed by atoms with van der Waals surface area (Å²) in [6.07, 6.45) is 7.32. The maximum atomic E-state index is 13.0. The van der Waals surface area contributed by atoms with Crippen molar-refractivity contribution in [3.8, 4) is 5.75 Å². The molecule has 0 spiro atoms. The standard InChI is InChI=1S/C38H47N5O4/c1-8-18-38(22-28-12-9-10-14-30(28)34(38)42-36(45)47-37(5,6)7)19-17-24(2)31-23-40-33(25(3)41-31)35(39)43-20-11-13-27-21-29(46-26(4)44)15-16-32(27)43/h9-10,12,14-16,21,23,34,39H,2,8,11,13,17-20,22H2,1,3-7H3,(H,42,45)/t34-,38?/m1/s1. The summed E-state index contributed by atoms with van der Waals surface area (Å²) in [6, 6.07) is 13.7. The number of benzene rings is 2. The van der Waals surface area contributed by atoms with Crippen molar-refractivity contribution in [2.24, 2.45) is 5.41 Å². The van der Waals surface area contributed by atoms with E-state index < -0.39 is 11.7 Å². The van der Waals surface area contributed by atoms with Gasteiger partial charge in [0.15, 0.2) is 5.84 Å². The van der Waals surface area contributed by atoms with Gasteiger partial charge in [-0.1, -0.05) is 44.2 Å². The molecule has 0 saturated heterocycles. The Morgan fingerprint density at radius 1 is 1.15 bits per heavy atom. The van der Waals surface area contributed by atoms with E-state index in [0.29, 0.717) is 35.8 Å². The first kappa shape index (κ1) is 33.8. The second-order valence-electron chi connectivity index (χ2n) is 13.8. The smallest absolute Gasteiger partial charge is 0.408 e. The fraction of sp³-hybridized carbons (Fsp3) is 0.447. The van der Waals surface area contributed by atoms with Gasteiger partial charge in [0.05, 0.1) is 23.6 Å². The van der Waals surface area contributed by atoms with Crippen molar-refractivity contribution in [2.45, 2.75) is 98.1 Å². The molecule has 0 fully saturated rings. The van der Waals surface area contributed by atoms with Crippen LogP contribution in [-0.4, -0.2) is 40.0 Å². The number of carbonyl (C=O) groups excluding carboxylic acids is 2. The number of amidine groups is 1.